The molecule has 1 aliphatic heterocycles. The number of carbonyl (C=O) groups is 1. The van der Waals surface area contributed by atoms with E-state index in [0.717, 1.165) is 0 Å². The molecule has 0 saturated carbocycles. The minimum Gasteiger partial charge on any atom is -0.513 e. The molecule has 1 unspecified atom stereocenters. The zero-order chi connectivity index (χ0) is 22.3. The van der Waals surface area contributed by atoms with Crippen molar-refractivity contribution in [1.29, 1.82) is 0 Å². The molecule has 0 aliphatic carbocycles. The quantitative estimate of drug-likeness (QED) is 0.408. The van der Waals surface area contributed by atoms with Gasteiger partial charge in [0, 0.05) is 18.7 Å². The molecular weight excluding hydrogens is 380 g/mol. The number of aliphatic hydroxyl groups is 2. The van der Waals surface area contributed by atoms with Crippen molar-refractivity contribution in [1.82, 2.24) is 9.80 Å². The highest BCUT2D eigenvalue weighted by atomic mass is 16.3. The van der Waals surface area contributed by atoms with Gasteiger partial charge < -0.3 is 25.1 Å². The molecule has 1 atom stereocenters. The third kappa shape index (κ3) is 5.14. The summed E-state index contributed by atoms with van der Waals surface area (Å²) in [7, 11) is 0. The minimum atomic E-state index is -0.548. The van der Waals surface area contributed by atoms with Gasteiger partial charge in [-0.15, -0.1) is 0 Å². The molecule has 1 amide bonds. The molecule has 1 aromatic carbocycles. The molecule has 2 rings (SSSR count). The van der Waals surface area contributed by atoms with E-state index in [1.165, 1.54) is 12.1 Å². The molecule has 6 nitrogen and oxygen atoms in total. The van der Waals surface area contributed by atoms with Crippen molar-refractivity contribution in [3.8, 4) is 5.75 Å². The molecule has 0 aromatic heterocycles. The van der Waals surface area contributed by atoms with Crippen LogP contribution in [0.5, 0.6) is 5.75 Å². The normalized spacial score (nSPS) is 17.9. The van der Waals surface area contributed by atoms with Crippen molar-refractivity contribution in [2.75, 3.05) is 13.1 Å². The first-order valence-electron chi connectivity index (χ1n) is 9.92. The third-order valence-electron chi connectivity index (χ3n) is 4.90. The van der Waals surface area contributed by atoms with E-state index in [9.17, 15) is 20.1 Å². The lowest BCUT2D eigenvalue weighted by molar-refractivity contribution is -0.128. The molecule has 0 saturated heterocycles. The number of hydrogen-bond donors (Lipinski definition) is 3. The number of rotatable bonds is 9. The molecule has 1 heterocycles. The van der Waals surface area contributed by atoms with Gasteiger partial charge in [0.2, 0.25) is 0 Å². The predicted molar refractivity (Wildman–Crippen MR) is 120 cm³/mol. The van der Waals surface area contributed by atoms with E-state index in [1.807, 2.05) is 37.1 Å². The zero-order valence-corrected chi connectivity index (χ0v) is 17.7. The molecule has 6 heteroatoms. The fraction of sp³-hybridized carbons (Fsp3) is 0.292. The minimum absolute atomic E-state index is 0.0995. The summed E-state index contributed by atoms with van der Waals surface area (Å²) in [5, 5.41) is 30.2. The first-order chi connectivity index (χ1) is 14.3. The summed E-state index contributed by atoms with van der Waals surface area (Å²) in [6.45, 7) is 10.2. The maximum Gasteiger partial charge on any atom is 0.289 e. The SMILES string of the molecule is C=CN(/C=C\C)CCCN1C(=O)C(O)=C(c2ccc(O)cc2)C1C(/C=C(\C)O)=C/C. The van der Waals surface area contributed by atoms with Crippen LogP contribution in [0.2, 0.25) is 0 Å². The Morgan fingerprint density at radius 2 is 1.90 bits per heavy atom. The molecule has 0 spiro atoms. The molecule has 1 aromatic rings. The second-order valence-electron chi connectivity index (χ2n) is 7.04. The summed E-state index contributed by atoms with van der Waals surface area (Å²) in [4.78, 5) is 16.5. The number of benzene rings is 1. The first kappa shape index (κ1) is 22.9. The Labute approximate surface area is 178 Å². The van der Waals surface area contributed by atoms with Gasteiger partial charge >= 0.3 is 0 Å². The fourth-order valence-electron chi connectivity index (χ4n) is 3.57. The van der Waals surface area contributed by atoms with Crippen LogP contribution >= 0.6 is 0 Å². The Morgan fingerprint density at radius 1 is 1.23 bits per heavy atom. The topological polar surface area (TPSA) is 84.2 Å². The van der Waals surface area contributed by atoms with Gasteiger partial charge in [-0.3, -0.25) is 4.79 Å². The summed E-state index contributed by atoms with van der Waals surface area (Å²) >= 11 is 0. The lowest BCUT2D eigenvalue weighted by Crippen LogP contribution is -2.38. The second kappa shape index (κ2) is 10.4. The van der Waals surface area contributed by atoms with Gasteiger partial charge in [-0.25, -0.2) is 0 Å². The summed E-state index contributed by atoms with van der Waals surface area (Å²) in [6.07, 6.45) is 9.61. The van der Waals surface area contributed by atoms with E-state index < -0.39 is 11.9 Å². The molecule has 30 heavy (non-hydrogen) atoms. The summed E-state index contributed by atoms with van der Waals surface area (Å²) in [5.74, 6) is -0.564. The second-order valence-corrected chi connectivity index (χ2v) is 7.04. The fourth-order valence-corrected chi connectivity index (χ4v) is 3.57. The highest BCUT2D eigenvalue weighted by Crippen LogP contribution is 2.37. The summed E-state index contributed by atoms with van der Waals surface area (Å²) in [6, 6.07) is 5.81. The first-order valence-corrected chi connectivity index (χ1v) is 9.92. The average Bonchev–Trinajstić information content (AvgIpc) is 2.96. The van der Waals surface area contributed by atoms with E-state index in [2.05, 4.69) is 6.58 Å². The number of nitrogens with zero attached hydrogens (tertiary/aromatic N) is 2. The molecule has 0 bridgehead atoms. The van der Waals surface area contributed by atoms with E-state index in [4.69, 9.17) is 0 Å². The number of carbonyl (C=O) groups excluding carboxylic acids is 1. The van der Waals surface area contributed by atoms with Crippen molar-refractivity contribution in [3.05, 3.63) is 84.1 Å². The Hall–Kier alpha value is -3.41. The maximum atomic E-state index is 13.0. The van der Waals surface area contributed by atoms with Gasteiger partial charge in [0.25, 0.3) is 5.91 Å². The maximum absolute atomic E-state index is 13.0. The lowest BCUT2D eigenvalue weighted by atomic mass is 9.92. The monoisotopic (exact) mass is 410 g/mol. The van der Waals surface area contributed by atoms with Crippen LogP contribution in [0.3, 0.4) is 0 Å². The van der Waals surface area contributed by atoms with Crippen molar-refractivity contribution >= 4 is 11.5 Å². The Balaban J connectivity index is 2.41. The van der Waals surface area contributed by atoms with E-state index in [1.54, 1.807) is 36.2 Å². The van der Waals surface area contributed by atoms with Gasteiger partial charge in [-0.05, 0) is 68.9 Å². The van der Waals surface area contributed by atoms with E-state index >= 15 is 0 Å². The molecule has 160 valence electrons. The largest absolute Gasteiger partial charge is 0.513 e. The lowest BCUT2D eigenvalue weighted by Gasteiger charge is -2.29. The number of amides is 1. The van der Waals surface area contributed by atoms with Crippen molar-refractivity contribution in [2.45, 2.75) is 33.2 Å². The number of phenols is 1. The van der Waals surface area contributed by atoms with Crippen LogP contribution in [0.25, 0.3) is 5.57 Å². The predicted octanol–water partition coefficient (Wildman–Crippen LogP) is 4.65. The molecule has 3 N–H and O–H groups in total. The molecule has 1 aliphatic rings. The summed E-state index contributed by atoms with van der Waals surface area (Å²) < 4.78 is 0. The summed E-state index contributed by atoms with van der Waals surface area (Å²) in [5.41, 5.74) is 1.79. The van der Waals surface area contributed by atoms with Crippen LogP contribution in [-0.4, -0.2) is 50.2 Å². The van der Waals surface area contributed by atoms with Crippen molar-refractivity contribution in [3.63, 3.8) is 0 Å². The van der Waals surface area contributed by atoms with Gasteiger partial charge in [0.15, 0.2) is 5.76 Å². The van der Waals surface area contributed by atoms with E-state index in [-0.39, 0.29) is 17.3 Å². The Kier molecular flexibility index (Phi) is 7.92. The standard InChI is InChI=1S/C24H30N2O4/c1-5-13-25(7-3)14-8-15-26-22(18(6-2)16-17(4)27)21(23(29)24(26)30)19-9-11-20(28)12-10-19/h5-7,9-13,16,22,27-29H,3,8,14-15H2,1-2,4H3/b13-5-,17-16+,18-6+. The van der Waals surface area contributed by atoms with Gasteiger partial charge in [0.1, 0.15) is 5.75 Å². The Bertz CT molecular complexity index is 890. The van der Waals surface area contributed by atoms with E-state index in [0.29, 0.717) is 36.2 Å². The van der Waals surface area contributed by atoms with Crippen molar-refractivity contribution in [2.24, 2.45) is 0 Å². The molecule has 0 radical (unpaired) electrons. The number of allylic oxidation sites excluding steroid dienone is 3. The average molecular weight is 411 g/mol. The third-order valence-corrected chi connectivity index (χ3v) is 4.90. The van der Waals surface area contributed by atoms with Gasteiger partial charge in [-0.1, -0.05) is 30.9 Å². The highest BCUT2D eigenvalue weighted by Gasteiger charge is 2.41. The smallest absolute Gasteiger partial charge is 0.289 e. The van der Waals surface area contributed by atoms with Crippen molar-refractivity contribution < 1.29 is 20.1 Å². The van der Waals surface area contributed by atoms with Gasteiger partial charge in [-0.2, -0.15) is 0 Å². The van der Waals surface area contributed by atoms with Crippen LogP contribution < -0.4 is 0 Å². The number of aliphatic hydroxyl groups excluding tert-OH is 2. The highest BCUT2D eigenvalue weighted by molar-refractivity contribution is 6.06. The van der Waals surface area contributed by atoms with Crippen LogP contribution in [0.4, 0.5) is 0 Å². The number of aromatic hydroxyl groups is 1. The van der Waals surface area contributed by atoms with Crippen LogP contribution in [0, 0.1) is 0 Å². The van der Waals surface area contributed by atoms with Crippen LogP contribution in [-0.2, 0) is 4.79 Å². The van der Waals surface area contributed by atoms with Crippen LogP contribution in [0.1, 0.15) is 32.8 Å². The molecule has 0 fully saturated rings. The zero-order valence-electron chi connectivity index (χ0n) is 17.7. The number of phenolic OH excluding ortho intramolecular Hbond substituents is 1. The van der Waals surface area contributed by atoms with Gasteiger partial charge in [0.05, 0.1) is 11.8 Å². The Morgan fingerprint density at radius 3 is 2.43 bits per heavy atom. The number of hydrogen-bond acceptors (Lipinski definition) is 5. The molecular formula is C24H30N2O4. The van der Waals surface area contributed by atoms with Crippen LogP contribution in [0.15, 0.2) is 78.6 Å².